The molecular formula is C10H10F3N5. The van der Waals surface area contributed by atoms with Gasteiger partial charge >= 0.3 is 6.18 Å². The van der Waals surface area contributed by atoms with E-state index < -0.39 is 12.0 Å². The predicted octanol–water partition coefficient (Wildman–Crippen LogP) is 1.40. The van der Waals surface area contributed by atoms with Crippen LogP contribution < -0.4 is 5.73 Å². The molecule has 8 heteroatoms. The summed E-state index contributed by atoms with van der Waals surface area (Å²) in [6.45, 7) is 0. The summed E-state index contributed by atoms with van der Waals surface area (Å²) in [5.41, 5.74) is 5.53. The number of nitrogens with two attached hydrogens (primary N) is 1. The minimum atomic E-state index is -4.61. The normalized spacial score (nSPS) is 11.8. The maximum absolute atomic E-state index is 12.5. The van der Waals surface area contributed by atoms with Crippen LogP contribution in [0.2, 0.25) is 0 Å². The largest absolute Gasteiger partial charge is 0.451 e. The minimum absolute atomic E-state index is 0.166. The van der Waals surface area contributed by atoms with Crippen molar-refractivity contribution in [2.45, 2.75) is 12.6 Å². The third kappa shape index (κ3) is 2.58. The van der Waals surface area contributed by atoms with Crippen LogP contribution in [0, 0.1) is 0 Å². The van der Waals surface area contributed by atoms with Gasteiger partial charge in [-0.3, -0.25) is 0 Å². The number of nitrogens with zero attached hydrogens (tertiary/aromatic N) is 4. The molecule has 0 spiro atoms. The number of hydrogen-bond donors (Lipinski definition) is 1. The maximum atomic E-state index is 12.5. The Hall–Kier alpha value is -2.12. The van der Waals surface area contributed by atoms with Gasteiger partial charge in [-0.15, -0.1) is 0 Å². The number of rotatable bonds is 2. The molecule has 0 saturated carbocycles. The number of alkyl halides is 3. The predicted molar refractivity (Wildman–Crippen MR) is 57.5 cm³/mol. The van der Waals surface area contributed by atoms with Gasteiger partial charge in [-0.05, 0) is 0 Å². The van der Waals surface area contributed by atoms with Crippen LogP contribution in [0.1, 0.15) is 17.3 Å². The van der Waals surface area contributed by atoms with Gasteiger partial charge in [0.15, 0.2) is 0 Å². The average Bonchev–Trinajstić information content (AvgIpc) is 2.62. The fourth-order valence-electron chi connectivity index (χ4n) is 1.46. The van der Waals surface area contributed by atoms with Crippen molar-refractivity contribution in [3.63, 3.8) is 0 Å². The molecule has 0 fully saturated rings. The van der Waals surface area contributed by atoms with Crippen LogP contribution in [0.3, 0.4) is 0 Å². The molecule has 0 aliphatic heterocycles. The van der Waals surface area contributed by atoms with Crippen molar-refractivity contribution in [3.05, 3.63) is 35.8 Å². The van der Waals surface area contributed by atoms with Crippen LogP contribution in [-0.4, -0.2) is 19.5 Å². The van der Waals surface area contributed by atoms with Crippen molar-refractivity contribution in [2.24, 2.45) is 7.05 Å². The van der Waals surface area contributed by atoms with Crippen LogP contribution >= 0.6 is 0 Å². The van der Waals surface area contributed by atoms with Crippen molar-refractivity contribution in [1.82, 2.24) is 19.5 Å². The quantitative estimate of drug-likeness (QED) is 0.882. The van der Waals surface area contributed by atoms with Crippen LogP contribution in [-0.2, 0) is 19.6 Å². The highest BCUT2D eigenvalue weighted by molar-refractivity contribution is 5.31. The SMILES string of the molecule is Cn1ccnc1Cc1cc(N)nc(C(F)(F)F)n1. The Bertz CT molecular complexity index is 561. The first-order valence-electron chi connectivity index (χ1n) is 5.03. The van der Waals surface area contributed by atoms with E-state index in [-0.39, 0.29) is 17.9 Å². The van der Waals surface area contributed by atoms with Gasteiger partial charge < -0.3 is 10.3 Å². The number of imidazole rings is 1. The van der Waals surface area contributed by atoms with Crippen LogP contribution in [0.25, 0.3) is 0 Å². The fraction of sp³-hybridized carbons (Fsp3) is 0.300. The van der Waals surface area contributed by atoms with E-state index in [2.05, 4.69) is 15.0 Å². The Kier molecular flexibility index (Phi) is 2.93. The van der Waals surface area contributed by atoms with Gasteiger partial charge in [-0.1, -0.05) is 0 Å². The summed E-state index contributed by atoms with van der Waals surface area (Å²) < 4.78 is 39.2. The Morgan fingerprint density at radius 3 is 2.61 bits per heavy atom. The molecule has 2 heterocycles. The molecule has 2 N–H and O–H groups in total. The molecule has 2 rings (SSSR count). The summed E-state index contributed by atoms with van der Waals surface area (Å²) in [6.07, 6.45) is -1.18. The molecule has 0 bridgehead atoms. The highest BCUT2D eigenvalue weighted by atomic mass is 19.4. The summed E-state index contributed by atoms with van der Waals surface area (Å²) in [4.78, 5) is 10.6. The molecule has 0 amide bonds. The van der Waals surface area contributed by atoms with Crippen molar-refractivity contribution < 1.29 is 13.2 Å². The first-order valence-corrected chi connectivity index (χ1v) is 5.03. The van der Waals surface area contributed by atoms with E-state index in [9.17, 15) is 13.2 Å². The smallest absolute Gasteiger partial charge is 0.384 e. The number of anilines is 1. The molecule has 2 aromatic heterocycles. The van der Waals surface area contributed by atoms with Gasteiger partial charge in [0, 0.05) is 31.9 Å². The maximum Gasteiger partial charge on any atom is 0.451 e. The number of halogens is 3. The van der Waals surface area contributed by atoms with E-state index in [0.717, 1.165) is 0 Å². The van der Waals surface area contributed by atoms with Gasteiger partial charge in [0.1, 0.15) is 11.6 Å². The first-order chi connectivity index (χ1) is 8.36. The molecule has 0 unspecified atom stereocenters. The van der Waals surface area contributed by atoms with Gasteiger partial charge in [0.05, 0.1) is 5.69 Å². The molecule has 0 aliphatic rings. The number of nitrogen functional groups attached to an aromatic ring is 1. The second kappa shape index (κ2) is 4.28. The Morgan fingerprint density at radius 1 is 1.33 bits per heavy atom. The average molecular weight is 257 g/mol. The van der Waals surface area contributed by atoms with E-state index in [0.29, 0.717) is 5.82 Å². The lowest BCUT2D eigenvalue weighted by atomic mass is 10.2. The van der Waals surface area contributed by atoms with Gasteiger partial charge in [0.25, 0.3) is 0 Å². The molecule has 5 nitrogen and oxygen atoms in total. The van der Waals surface area contributed by atoms with Crippen molar-refractivity contribution in [3.8, 4) is 0 Å². The monoisotopic (exact) mass is 257 g/mol. The summed E-state index contributed by atoms with van der Waals surface area (Å²) in [5, 5.41) is 0. The van der Waals surface area contributed by atoms with E-state index >= 15 is 0 Å². The standard InChI is InChI=1S/C10H10F3N5/c1-18-3-2-15-8(18)5-6-4-7(14)17-9(16-6)10(11,12)13/h2-4H,5H2,1H3,(H2,14,16,17). The summed E-state index contributed by atoms with van der Waals surface area (Å²) >= 11 is 0. The Morgan fingerprint density at radius 2 is 2.06 bits per heavy atom. The first kappa shape index (κ1) is 12.3. The molecular weight excluding hydrogens is 247 g/mol. The molecule has 96 valence electrons. The third-order valence-corrected chi connectivity index (χ3v) is 2.31. The number of aryl methyl sites for hydroxylation is 1. The second-order valence-electron chi connectivity index (χ2n) is 3.74. The highest BCUT2D eigenvalue weighted by Gasteiger charge is 2.35. The summed E-state index contributed by atoms with van der Waals surface area (Å²) in [6, 6.07) is 1.31. The minimum Gasteiger partial charge on any atom is -0.384 e. The molecule has 0 aromatic carbocycles. The van der Waals surface area contributed by atoms with Crippen molar-refractivity contribution in [1.29, 1.82) is 0 Å². The molecule has 18 heavy (non-hydrogen) atoms. The third-order valence-electron chi connectivity index (χ3n) is 2.31. The lowest BCUT2D eigenvalue weighted by Crippen LogP contribution is -2.14. The van der Waals surface area contributed by atoms with Crippen molar-refractivity contribution >= 4 is 5.82 Å². The van der Waals surface area contributed by atoms with Crippen LogP contribution in [0.15, 0.2) is 18.5 Å². The molecule has 0 atom stereocenters. The van der Waals surface area contributed by atoms with E-state index in [4.69, 9.17) is 5.73 Å². The zero-order valence-corrected chi connectivity index (χ0v) is 9.44. The summed E-state index contributed by atoms with van der Waals surface area (Å²) in [7, 11) is 1.75. The topological polar surface area (TPSA) is 69.6 Å². The molecule has 0 saturated heterocycles. The zero-order valence-electron chi connectivity index (χ0n) is 9.44. The lowest BCUT2D eigenvalue weighted by Gasteiger charge is -2.08. The van der Waals surface area contributed by atoms with Gasteiger partial charge in [-0.25, -0.2) is 15.0 Å². The summed E-state index contributed by atoms with van der Waals surface area (Å²) in [5.74, 6) is -0.838. The molecule has 0 aliphatic carbocycles. The zero-order chi connectivity index (χ0) is 13.3. The lowest BCUT2D eigenvalue weighted by molar-refractivity contribution is -0.145. The van der Waals surface area contributed by atoms with E-state index in [1.54, 1.807) is 24.0 Å². The molecule has 0 radical (unpaired) electrons. The Balaban J connectivity index is 2.35. The van der Waals surface area contributed by atoms with Crippen LogP contribution in [0.4, 0.5) is 19.0 Å². The van der Waals surface area contributed by atoms with E-state index in [1.165, 1.54) is 6.07 Å². The van der Waals surface area contributed by atoms with Crippen LogP contribution in [0.5, 0.6) is 0 Å². The highest BCUT2D eigenvalue weighted by Crippen LogP contribution is 2.27. The number of aromatic nitrogens is 4. The van der Waals surface area contributed by atoms with Crippen molar-refractivity contribution in [2.75, 3.05) is 5.73 Å². The fourth-order valence-corrected chi connectivity index (χ4v) is 1.46. The van der Waals surface area contributed by atoms with E-state index in [1.807, 2.05) is 0 Å². The Labute approximate surface area is 100 Å². The molecule has 2 aromatic rings. The van der Waals surface area contributed by atoms with Gasteiger partial charge in [-0.2, -0.15) is 13.2 Å². The number of hydrogen-bond acceptors (Lipinski definition) is 4. The van der Waals surface area contributed by atoms with Gasteiger partial charge in [0.2, 0.25) is 5.82 Å². The second-order valence-corrected chi connectivity index (χ2v) is 3.74.